The van der Waals surface area contributed by atoms with Gasteiger partial charge in [0, 0.05) is 38.9 Å². The van der Waals surface area contributed by atoms with Gasteiger partial charge in [0.15, 0.2) is 16.3 Å². The minimum absolute atomic E-state index is 0.0612. The summed E-state index contributed by atoms with van der Waals surface area (Å²) in [5, 5.41) is 5.94. The number of aryl methyl sites for hydroxylation is 2. The molecular weight excluding hydrogens is 420 g/mol. The third-order valence-electron chi connectivity index (χ3n) is 4.56. The summed E-state index contributed by atoms with van der Waals surface area (Å²) in [5.74, 6) is -0.401. The van der Waals surface area contributed by atoms with Crippen LogP contribution >= 0.6 is 11.8 Å². The molecule has 0 radical (unpaired) electrons. The molecule has 0 saturated heterocycles. The lowest BCUT2D eigenvalue weighted by atomic mass is 10.2. The molecule has 0 atom stereocenters. The van der Waals surface area contributed by atoms with Crippen molar-refractivity contribution in [3.8, 4) is 0 Å². The number of imidazole rings is 1. The third kappa shape index (κ3) is 4.71. The van der Waals surface area contributed by atoms with E-state index in [2.05, 4.69) is 15.6 Å². The predicted octanol–water partition coefficient (Wildman–Crippen LogP) is 1.53. The predicted molar refractivity (Wildman–Crippen MR) is 121 cm³/mol. The number of carbonyl (C=O) groups is 2. The second kappa shape index (κ2) is 9.21. The zero-order valence-corrected chi connectivity index (χ0v) is 18.6. The Morgan fingerprint density at radius 1 is 1.10 bits per heavy atom. The maximum absolute atomic E-state index is 12.7. The lowest BCUT2D eigenvalue weighted by Gasteiger charge is -2.09. The van der Waals surface area contributed by atoms with Crippen molar-refractivity contribution in [2.45, 2.75) is 32.0 Å². The van der Waals surface area contributed by atoms with E-state index in [-0.39, 0.29) is 17.6 Å². The number of hydrogen-bond donors (Lipinski definition) is 2. The molecule has 3 rings (SSSR count). The molecule has 0 aliphatic heterocycles. The molecule has 0 fully saturated rings. The van der Waals surface area contributed by atoms with Crippen molar-refractivity contribution in [2.24, 2.45) is 14.1 Å². The van der Waals surface area contributed by atoms with Crippen molar-refractivity contribution in [2.75, 3.05) is 16.4 Å². The SMILES string of the molecule is CCCn1c(SCC(=O)Nc2cccc(NC(C)=O)c2)nc2c1c(=O)n(C)c(=O)n2C. The van der Waals surface area contributed by atoms with E-state index in [1.54, 1.807) is 35.9 Å². The molecule has 0 saturated carbocycles. The topological polar surface area (TPSA) is 120 Å². The molecule has 2 aromatic heterocycles. The monoisotopic (exact) mass is 444 g/mol. The Bertz CT molecular complexity index is 1270. The molecule has 0 unspecified atom stereocenters. The van der Waals surface area contributed by atoms with Crippen molar-refractivity contribution in [1.82, 2.24) is 18.7 Å². The molecule has 0 bridgehead atoms. The highest BCUT2D eigenvalue weighted by molar-refractivity contribution is 7.99. The van der Waals surface area contributed by atoms with Gasteiger partial charge in [0.1, 0.15) is 0 Å². The number of fused-ring (bicyclic) bond motifs is 1. The number of nitrogens with zero attached hydrogens (tertiary/aromatic N) is 4. The number of carbonyl (C=O) groups excluding carboxylic acids is 2. The van der Waals surface area contributed by atoms with Gasteiger partial charge in [-0.05, 0) is 24.6 Å². The van der Waals surface area contributed by atoms with Crippen molar-refractivity contribution in [3.05, 3.63) is 45.1 Å². The van der Waals surface area contributed by atoms with Gasteiger partial charge in [-0.2, -0.15) is 0 Å². The molecule has 11 heteroatoms. The third-order valence-corrected chi connectivity index (χ3v) is 5.54. The molecule has 0 aliphatic rings. The molecule has 2 amide bonds. The maximum Gasteiger partial charge on any atom is 0.332 e. The van der Waals surface area contributed by atoms with E-state index in [1.807, 2.05) is 6.92 Å². The number of amides is 2. The second-order valence-electron chi connectivity index (χ2n) is 7.02. The molecular formula is C20H24N6O4S. The van der Waals surface area contributed by atoms with Crippen LogP contribution in [0.25, 0.3) is 11.2 Å². The molecule has 0 aliphatic carbocycles. The van der Waals surface area contributed by atoms with Gasteiger partial charge in [0.05, 0.1) is 5.75 Å². The van der Waals surface area contributed by atoms with Crippen LogP contribution in [0, 0.1) is 0 Å². The molecule has 164 valence electrons. The standard InChI is InChI=1S/C20H24N6O4S/c1-5-9-26-16-17(24(3)20(30)25(4)18(16)29)23-19(26)31-11-15(28)22-14-8-6-7-13(10-14)21-12(2)27/h6-8,10H,5,9,11H2,1-4H3,(H,21,27)(H,22,28). The maximum atomic E-state index is 12.7. The van der Waals surface area contributed by atoms with E-state index < -0.39 is 11.2 Å². The minimum Gasteiger partial charge on any atom is -0.326 e. The van der Waals surface area contributed by atoms with Crippen LogP contribution in [0.4, 0.5) is 11.4 Å². The van der Waals surface area contributed by atoms with E-state index in [1.165, 1.54) is 30.3 Å². The van der Waals surface area contributed by atoms with Crippen LogP contribution in [0.3, 0.4) is 0 Å². The molecule has 1 aromatic carbocycles. The smallest absolute Gasteiger partial charge is 0.326 e. The number of benzene rings is 1. The summed E-state index contributed by atoms with van der Waals surface area (Å²) in [6, 6.07) is 6.84. The van der Waals surface area contributed by atoms with Gasteiger partial charge in [0.2, 0.25) is 11.8 Å². The van der Waals surface area contributed by atoms with Crippen molar-refractivity contribution in [1.29, 1.82) is 0 Å². The zero-order valence-electron chi connectivity index (χ0n) is 17.8. The summed E-state index contributed by atoms with van der Waals surface area (Å²) in [5.41, 5.74) is 0.914. The van der Waals surface area contributed by atoms with E-state index in [0.717, 1.165) is 11.0 Å². The quantitative estimate of drug-likeness (QED) is 0.534. The van der Waals surface area contributed by atoms with Crippen LogP contribution in [0.5, 0.6) is 0 Å². The first-order valence-corrected chi connectivity index (χ1v) is 10.7. The summed E-state index contributed by atoms with van der Waals surface area (Å²) in [6.45, 7) is 3.92. The number of aromatic nitrogens is 4. The summed E-state index contributed by atoms with van der Waals surface area (Å²) >= 11 is 1.19. The number of nitrogens with one attached hydrogen (secondary N) is 2. The van der Waals surface area contributed by atoms with Gasteiger partial charge in [-0.15, -0.1) is 0 Å². The summed E-state index contributed by atoms with van der Waals surface area (Å²) in [7, 11) is 3.00. The van der Waals surface area contributed by atoms with E-state index in [9.17, 15) is 19.2 Å². The van der Waals surface area contributed by atoms with Gasteiger partial charge in [-0.1, -0.05) is 24.8 Å². The highest BCUT2D eigenvalue weighted by atomic mass is 32.2. The van der Waals surface area contributed by atoms with Crippen molar-refractivity contribution in [3.63, 3.8) is 0 Å². The Kier molecular flexibility index (Phi) is 6.64. The molecule has 2 heterocycles. The van der Waals surface area contributed by atoms with Crippen molar-refractivity contribution < 1.29 is 9.59 Å². The number of thioether (sulfide) groups is 1. The largest absolute Gasteiger partial charge is 0.332 e. The first-order valence-electron chi connectivity index (χ1n) is 9.69. The Morgan fingerprint density at radius 3 is 2.42 bits per heavy atom. The van der Waals surface area contributed by atoms with Crippen LogP contribution in [-0.2, 0) is 30.2 Å². The van der Waals surface area contributed by atoms with Gasteiger partial charge >= 0.3 is 5.69 Å². The van der Waals surface area contributed by atoms with E-state index in [0.29, 0.717) is 34.2 Å². The van der Waals surface area contributed by atoms with Gasteiger partial charge in [-0.3, -0.25) is 23.5 Å². The van der Waals surface area contributed by atoms with Gasteiger partial charge in [-0.25, -0.2) is 9.78 Å². The highest BCUT2D eigenvalue weighted by Crippen LogP contribution is 2.23. The number of anilines is 2. The molecule has 0 spiro atoms. The van der Waals surface area contributed by atoms with Gasteiger partial charge < -0.3 is 15.2 Å². The lowest BCUT2D eigenvalue weighted by Crippen LogP contribution is -2.37. The first kappa shape index (κ1) is 22.3. The summed E-state index contributed by atoms with van der Waals surface area (Å²) < 4.78 is 4.15. The Hall–Kier alpha value is -3.34. The average Bonchev–Trinajstić information content (AvgIpc) is 3.08. The van der Waals surface area contributed by atoms with Crippen LogP contribution in [0.15, 0.2) is 39.0 Å². The van der Waals surface area contributed by atoms with Crippen LogP contribution in [0.2, 0.25) is 0 Å². The zero-order chi connectivity index (χ0) is 22.7. The molecule has 3 aromatic rings. The number of hydrogen-bond acceptors (Lipinski definition) is 6. The van der Waals surface area contributed by atoms with E-state index in [4.69, 9.17) is 0 Å². The molecule has 2 N–H and O–H groups in total. The summed E-state index contributed by atoms with van der Waals surface area (Å²) in [4.78, 5) is 53.0. The van der Waals surface area contributed by atoms with Gasteiger partial charge in [0.25, 0.3) is 5.56 Å². The lowest BCUT2D eigenvalue weighted by molar-refractivity contribution is -0.114. The molecule has 10 nitrogen and oxygen atoms in total. The second-order valence-corrected chi connectivity index (χ2v) is 7.97. The Labute approximate surface area is 182 Å². The van der Waals surface area contributed by atoms with E-state index >= 15 is 0 Å². The Balaban J connectivity index is 1.83. The highest BCUT2D eigenvalue weighted by Gasteiger charge is 2.19. The fraction of sp³-hybridized carbons (Fsp3) is 0.350. The fourth-order valence-corrected chi connectivity index (χ4v) is 3.99. The molecule has 31 heavy (non-hydrogen) atoms. The average molecular weight is 445 g/mol. The summed E-state index contributed by atoms with van der Waals surface area (Å²) in [6.07, 6.45) is 0.757. The Morgan fingerprint density at radius 2 is 1.77 bits per heavy atom. The van der Waals surface area contributed by atoms with Crippen molar-refractivity contribution >= 4 is 46.1 Å². The minimum atomic E-state index is -0.452. The van der Waals surface area contributed by atoms with Crippen LogP contribution in [-0.4, -0.2) is 36.3 Å². The fourth-order valence-electron chi connectivity index (χ4n) is 3.17. The van der Waals surface area contributed by atoms with Crippen LogP contribution < -0.4 is 21.9 Å². The normalized spacial score (nSPS) is 11.0. The van der Waals surface area contributed by atoms with Crippen LogP contribution in [0.1, 0.15) is 20.3 Å². The number of rotatable bonds is 7. The first-order chi connectivity index (χ1) is 14.7.